The maximum Gasteiger partial charge on any atom is 0.304 e. The van der Waals surface area contributed by atoms with Crippen molar-refractivity contribution in [2.75, 3.05) is 5.84 Å². The van der Waals surface area contributed by atoms with E-state index in [1.54, 1.807) is 20.0 Å². The molecule has 0 aliphatic carbocycles. The Labute approximate surface area is 104 Å². The zero-order valence-electron chi connectivity index (χ0n) is 10.5. The minimum atomic E-state index is -1.04. The second kappa shape index (κ2) is 5.44. The van der Waals surface area contributed by atoms with Crippen LogP contribution < -0.4 is 11.3 Å². The largest absolute Gasteiger partial charge is 0.481 e. The van der Waals surface area contributed by atoms with Crippen LogP contribution in [0.25, 0.3) is 0 Å². The number of hydrogen-bond donors (Lipinski definition) is 2. The lowest BCUT2D eigenvalue weighted by molar-refractivity contribution is -0.140. The molecule has 0 fully saturated rings. The lowest BCUT2D eigenvalue weighted by Crippen LogP contribution is -2.34. The molecule has 0 radical (unpaired) electrons. The molecular formula is C11H16N4O3. The summed E-state index contributed by atoms with van der Waals surface area (Å²) in [5.74, 6) is 3.50. The standard InChI is InChI=1S/C11H16N4O3/c1-6(4-9(16)17)11(18)14-10-8(3)13-5-7(2)15(10)12/h5-6H,4,12H2,1-3H3,(H,16,17)/b14-10-. The van der Waals surface area contributed by atoms with E-state index in [1.165, 1.54) is 11.6 Å². The molecule has 0 aliphatic rings. The third-order valence-electron chi connectivity index (χ3n) is 2.50. The Hall–Kier alpha value is -2.18. The molecule has 0 saturated heterocycles. The molecule has 98 valence electrons. The molecule has 0 spiro atoms. The second-order valence-corrected chi connectivity index (χ2v) is 4.13. The number of aryl methyl sites for hydroxylation is 2. The van der Waals surface area contributed by atoms with Gasteiger partial charge >= 0.3 is 5.97 Å². The number of nitrogens with two attached hydrogens (primary N) is 1. The topological polar surface area (TPSA) is 111 Å². The van der Waals surface area contributed by atoms with Crippen LogP contribution in [0.1, 0.15) is 24.7 Å². The van der Waals surface area contributed by atoms with Crippen LogP contribution in [-0.4, -0.2) is 26.6 Å². The highest BCUT2D eigenvalue weighted by molar-refractivity contribution is 5.83. The fourth-order valence-electron chi connectivity index (χ4n) is 1.35. The van der Waals surface area contributed by atoms with Crippen LogP contribution >= 0.6 is 0 Å². The molecule has 0 aromatic carbocycles. The first-order valence-electron chi connectivity index (χ1n) is 5.43. The van der Waals surface area contributed by atoms with Crippen molar-refractivity contribution in [2.45, 2.75) is 27.2 Å². The second-order valence-electron chi connectivity index (χ2n) is 4.13. The highest BCUT2D eigenvalue weighted by Gasteiger charge is 2.16. The van der Waals surface area contributed by atoms with Crippen LogP contribution in [0.4, 0.5) is 0 Å². The van der Waals surface area contributed by atoms with Gasteiger partial charge in [0.1, 0.15) is 0 Å². The van der Waals surface area contributed by atoms with Crippen molar-refractivity contribution in [3.05, 3.63) is 23.1 Å². The van der Waals surface area contributed by atoms with E-state index in [4.69, 9.17) is 10.9 Å². The van der Waals surface area contributed by atoms with Gasteiger partial charge in [0.15, 0.2) is 5.49 Å². The van der Waals surface area contributed by atoms with Crippen LogP contribution in [0.3, 0.4) is 0 Å². The minimum absolute atomic E-state index is 0.247. The zero-order chi connectivity index (χ0) is 13.9. The first-order chi connectivity index (χ1) is 8.32. The molecule has 1 atom stereocenters. The molecule has 18 heavy (non-hydrogen) atoms. The van der Waals surface area contributed by atoms with E-state index in [-0.39, 0.29) is 11.9 Å². The van der Waals surface area contributed by atoms with Gasteiger partial charge in [-0.2, -0.15) is 4.99 Å². The van der Waals surface area contributed by atoms with Crippen molar-refractivity contribution in [3.8, 4) is 0 Å². The van der Waals surface area contributed by atoms with Crippen LogP contribution in [0.5, 0.6) is 0 Å². The van der Waals surface area contributed by atoms with E-state index in [0.29, 0.717) is 11.4 Å². The number of carboxylic acids is 1. The predicted molar refractivity (Wildman–Crippen MR) is 63.8 cm³/mol. The van der Waals surface area contributed by atoms with Gasteiger partial charge in [0.05, 0.1) is 17.8 Å². The van der Waals surface area contributed by atoms with Crippen molar-refractivity contribution in [1.29, 1.82) is 0 Å². The first kappa shape index (κ1) is 13.9. The summed E-state index contributed by atoms with van der Waals surface area (Å²) in [5, 5.41) is 8.62. The van der Waals surface area contributed by atoms with Crippen LogP contribution in [0.2, 0.25) is 0 Å². The highest BCUT2D eigenvalue weighted by atomic mass is 16.4. The molecule has 1 heterocycles. The summed E-state index contributed by atoms with van der Waals surface area (Å²) >= 11 is 0. The number of amides is 1. The third kappa shape index (κ3) is 3.16. The van der Waals surface area contributed by atoms with Gasteiger partial charge in [-0.3, -0.25) is 14.6 Å². The smallest absolute Gasteiger partial charge is 0.304 e. The summed E-state index contributed by atoms with van der Waals surface area (Å²) in [6, 6.07) is 0. The summed E-state index contributed by atoms with van der Waals surface area (Å²) < 4.78 is 1.26. The van der Waals surface area contributed by atoms with Crippen LogP contribution in [0.15, 0.2) is 11.2 Å². The van der Waals surface area contributed by atoms with E-state index < -0.39 is 17.8 Å². The van der Waals surface area contributed by atoms with Crippen LogP contribution in [0, 0.1) is 19.8 Å². The van der Waals surface area contributed by atoms with E-state index >= 15 is 0 Å². The number of nitrogens with zero attached hydrogens (tertiary/aromatic N) is 3. The van der Waals surface area contributed by atoms with Gasteiger partial charge in [0.2, 0.25) is 0 Å². The minimum Gasteiger partial charge on any atom is -0.481 e. The molecule has 1 amide bonds. The van der Waals surface area contributed by atoms with E-state index in [2.05, 4.69) is 9.98 Å². The van der Waals surface area contributed by atoms with Crippen molar-refractivity contribution < 1.29 is 14.7 Å². The van der Waals surface area contributed by atoms with E-state index in [1.807, 2.05) is 0 Å². The Kier molecular flexibility index (Phi) is 4.19. The van der Waals surface area contributed by atoms with Crippen molar-refractivity contribution in [1.82, 2.24) is 9.66 Å². The van der Waals surface area contributed by atoms with Crippen LogP contribution in [-0.2, 0) is 9.59 Å². The van der Waals surface area contributed by atoms with E-state index in [0.717, 1.165) is 0 Å². The molecule has 3 N–H and O–H groups in total. The normalized spacial score (nSPS) is 13.4. The van der Waals surface area contributed by atoms with Gasteiger partial charge in [0, 0.05) is 12.1 Å². The molecule has 7 heteroatoms. The van der Waals surface area contributed by atoms with Gasteiger partial charge in [-0.15, -0.1) is 0 Å². The van der Waals surface area contributed by atoms with Gasteiger partial charge < -0.3 is 10.9 Å². The van der Waals surface area contributed by atoms with Gasteiger partial charge in [0.25, 0.3) is 5.91 Å². The quantitative estimate of drug-likeness (QED) is 0.721. The van der Waals surface area contributed by atoms with E-state index in [9.17, 15) is 9.59 Å². The average molecular weight is 252 g/mol. The molecule has 1 aromatic rings. The van der Waals surface area contributed by atoms with Crippen molar-refractivity contribution in [3.63, 3.8) is 0 Å². The fraction of sp³-hybridized carbons (Fsp3) is 0.455. The monoisotopic (exact) mass is 252 g/mol. The molecule has 7 nitrogen and oxygen atoms in total. The van der Waals surface area contributed by atoms with Gasteiger partial charge in [-0.05, 0) is 13.8 Å². The van der Waals surface area contributed by atoms with Gasteiger partial charge in [-0.25, -0.2) is 4.68 Å². The number of aromatic nitrogens is 2. The Morgan fingerprint density at radius 2 is 2.17 bits per heavy atom. The number of carboxylic acid groups (broad SMARTS) is 1. The van der Waals surface area contributed by atoms with Crippen molar-refractivity contribution >= 4 is 11.9 Å². The molecule has 1 aromatic heterocycles. The predicted octanol–water partition coefficient (Wildman–Crippen LogP) is -0.248. The van der Waals surface area contributed by atoms with Crippen molar-refractivity contribution in [2.24, 2.45) is 10.9 Å². The number of carbonyl (C=O) groups is 2. The summed E-state index contributed by atoms with van der Waals surface area (Å²) in [5.41, 5.74) is 1.41. The molecule has 0 aliphatic heterocycles. The third-order valence-corrected chi connectivity index (χ3v) is 2.50. The summed E-state index contributed by atoms with van der Waals surface area (Å²) in [7, 11) is 0. The summed E-state index contributed by atoms with van der Waals surface area (Å²) in [6.45, 7) is 4.92. The summed E-state index contributed by atoms with van der Waals surface area (Å²) in [4.78, 5) is 30.2. The zero-order valence-corrected chi connectivity index (χ0v) is 10.5. The SMILES string of the molecule is Cc1ncc(C)n(N)/c1=N\C(=O)C(C)CC(=O)O. The fourth-order valence-corrected chi connectivity index (χ4v) is 1.35. The number of rotatable bonds is 3. The lowest BCUT2D eigenvalue weighted by Gasteiger charge is -2.07. The number of hydrogen-bond acceptors (Lipinski definition) is 4. The molecule has 0 bridgehead atoms. The molecule has 1 rings (SSSR count). The Balaban J connectivity index is 3.14. The lowest BCUT2D eigenvalue weighted by atomic mass is 10.1. The van der Waals surface area contributed by atoms with Gasteiger partial charge in [-0.1, -0.05) is 6.92 Å². The Morgan fingerprint density at radius 3 is 2.72 bits per heavy atom. The maximum absolute atomic E-state index is 11.7. The highest BCUT2D eigenvalue weighted by Crippen LogP contribution is 2.03. The number of carbonyl (C=O) groups excluding carboxylic acids is 1. The Bertz CT molecular complexity index is 548. The number of aliphatic carboxylic acids is 1. The average Bonchev–Trinajstić information content (AvgIpc) is 2.28. The molecule has 1 unspecified atom stereocenters. The Morgan fingerprint density at radius 1 is 1.56 bits per heavy atom. The summed E-state index contributed by atoms with van der Waals surface area (Å²) in [6.07, 6.45) is 1.31. The molecular weight excluding hydrogens is 236 g/mol. The first-order valence-corrected chi connectivity index (χ1v) is 5.43. The molecule has 0 saturated carbocycles. The maximum atomic E-state index is 11.7. The number of nitrogen functional groups attached to an aromatic ring is 1.